The highest BCUT2D eigenvalue weighted by atomic mass is 79.9. The molecule has 0 atom stereocenters. The number of pyridine rings is 1. The normalized spacial score (nSPS) is 10.2. The van der Waals surface area contributed by atoms with Gasteiger partial charge in [0, 0.05) is 30.8 Å². The maximum absolute atomic E-state index is 12.6. The molecule has 0 aliphatic carbocycles. The van der Waals surface area contributed by atoms with E-state index in [1.54, 1.807) is 24.2 Å². The number of carbonyl (C=O) groups excluding carboxylic acids is 1. The molecule has 0 unspecified atom stereocenters. The number of rotatable bonds is 5. The predicted molar refractivity (Wildman–Crippen MR) is 88.3 cm³/mol. The Labute approximate surface area is 133 Å². The van der Waals surface area contributed by atoms with Crippen LogP contribution in [0.3, 0.4) is 0 Å². The highest BCUT2D eigenvalue weighted by molar-refractivity contribution is 9.10. The smallest absolute Gasteiger partial charge is 0.257 e. The zero-order valence-electron chi connectivity index (χ0n) is 12.1. The van der Waals surface area contributed by atoms with Crippen molar-refractivity contribution in [3.63, 3.8) is 0 Å². The van der Waals surface area contributed by atoms with E-state index in [0.29, 0.717) is 17.9 Å². The summed E-state index contributed by atoms with van der Waals surface area (Å²) in [6.45, 7) is 3.26. The Kier molecular flexibility index (Phi) is 5.33. The fourth-order valence-corrected chi connectivity index (χ4v) is 2.38. The molecule has 2 rings (SSSR count). The van der Waals surface area contributed by atoms with Gasteiger partial charge in [0.2, 0.25) is 0 Å². The SMILES string of the molecule is CCNc1ncc(Br)cc1C(=O)N(C)Cc1ccccc1. The summed E-state index contributed by atoms with van der Waals surface area (Å²) < 4.78 is 0.792. The van der Waals surface area contributed by atoms with Gasteiger partial charge in [-0.1, -0.05) is 30.3 Å². The standard InChI is InChI=1S/C16H18BrN3O/c1-3-18-15-14(9-13(17)10-19-15)16(21)20(2)11-12-7-5-4-6-8-12/h4-10H,3,11H2,1-2H3,(H,18,19). The van der Waals surface area contributed by atoms with E-state index in [4.69, 9.17) is 0 Å². The van der Waals surface area contributed by atoms with Crippen LogP contribution in [0.4, 0.5) is 5.82 Å². The molecule has 1 heterocycles. The molecule has 5 heteroatoms. The first kappa shape index (κ1) is 15.5. The van der Waals surface area contributed by atoms with Gasteiger partial charge in [-0.05, 0) is 34.5 Å². The number of nitrogens with zero attached hydrogens (tertiary/aromatic N) is 2. The van der Waals surface area contributed by atoms with Crippen LogP contribution < -0.4 is 5.32 Å². The van der Waals surface area contributed by atoms with Crippen molar-refractivity contribution in [2.45, 2.75) is 13.5 Å². The maximum Gasteiger partial charge on any atom is 0.257 e. The number of halogens is 1. The Hall–Kier alpha value is -1.88. The Bertz CT molecular complexity index is 616. The molecule has 110 valence electrons. The number of hydrogen-bond acceptors (Lipinski definition) is 3. The van der Waals surface area contributed by atoms with Gasteiger partial charge in [-0.3, -0.25) is 4.79 Å². The largest absolute Gasteiger partial charge is 0.370 e. The molecule has 0 bridgehead atoms. The van der Waals surface area contributed by atoms with Crippen molar-refractivity contribution in [2.75, 3.05) is 18.9 Å². The summed E-state index contributed by atoms with van der Waals surface area (Å²) in [5.74, 6) is 0.564. The molecule has 4 nitrogen and oxygen atoms in total. The molecule has 0 aliphatic rings. The molecule has 2 aromatic rings. The third-order valence-electron chi connectivity index (χ3n) is 3.04. The number of benzene rings is 1. The van der Waals surface area contributed by atoms with Gasteiger partial charge in [0.1, 0.15) is 5.82 Å². The fourth-order valence-electron chi connectivity index (χ4n) is 2.05. The van der Waals surface area contributed by atoms with Gasteiger partial charge in [-0.25, -0.2) is 4.98 Å². The monoisotopic (exact) mass is 347 g/mol. The van der Waals surface area contributed by atoms with Crippen molar-refractivity contribution < 1.29 is 4.79 Å². The Balaban J connectivity index is 2.20. The van der Waals surface area contributed by atoms with Gasteiger partial charge >= 0.3 is 0 Å². The zero-order valence-corrected chi connectivity index (χ0v) is 13.7. The molecule has 21 heavy (non-hydrogen) atoms. The minimum absolute atomic E-state index is 0.0522. The van der Waals surface area contributed by atoms with Crippen LogP contribution >= 0.6 is 15.9 Å². The van der Waals surface area contributed by atoms with Crippen molar-refractivity contribution in [3.8, 4) is 0 Å². The molecule has 0 aliphatic heterocycles. The summed E-state index contributed by atoms with van der Waals surface area (Å²) in [5, 5.41) is 3.12. The van der Waals surface area contributed by atoms with Gasteiger partial charge in [-0.2, -0.15) is 0 Å². The first-order chi connectivity index (χ1) is 10.1. The van der Waals surface area contributed by atoms with Gasteiger partial charge in [-0.15, -0.1) is 0 Å². The molecular weight excluding hydrogens is 330 g/mol. The summed E-state index contributed by atoms with van der Waals surface area (Å²) in [7, 11) is 1.80. The highest BCUT2D eigenvalue weighted by Crippen LogP contribution is 2.20. The van der Waals surface area contributed by atoms with Crippen molar-refractivity contribution in [3.05, 3.63) is 58.2 Å². The summed E-state index contributed by atoms with van der Waals surface area (Å²) in [6, 6.07) is 11.7. The predicted octanol–water partition coefficient (Wildman–Crippen LogP) is 3.55. The van der Waals surface area contributed by atoms with Gasteiger partial charge < -0.3 is 10.2 Å². The van der Waals surface area contributed by atoms with Crippen molar-refractivity contribution in [1.82, 2.24) is 9.88 Å². The zero-order chi connectivity index (χ0) is 15.2. The molecular formula is C16H18BrN3O. The van der Waals surface area contributed by atoms with Crippen LogP contribution in [-0.2, 0) is 6.54 Å². The second-order valence-corrected chi connectivity index (χ2v) is 5.64. The van der Waals surface area contributed by atoms with Crippen LogP contribution in [0.5, 0.6) is 0 Å². The topological polar surface area (TPSA) is 45.2 Å². The number of aromatic nitrogens is 1. The van der Waals surface area contributed by atoms with E-state index in [1.165, 1.54) is 0 Å². The maximum atomic E-state index is 12.6. The van der Waals surface area contributed by atoms with E-state index in [-0.39, 0.29) is 5.91 Å². The van der Waals surface area contributed by atoms with Crippen LogP contribution in [0.2, 0.25) is 0 Å². The Morgan fingerprint density at radius 1 is 1.33 bits per heavy atom. The highest BCUT2D eigenvalue weighted by Gasteiger charge is 2.17. The van der Waals surface area contributed by atoms with Crippen LogP contribution in [0, 0.1) is 0 Å². The molecule has 0 spiro atoms. The minimum Gasteiger partial charge on any atom is -0.370 e. The Morgan fingerprint density at radius 3 is 2.71 bits per heavy atom. The van der Waals surface area contributed by atoms with E-state index in [1.807, 2.05) is 37.3 Å². The number of amides is 1. The average molecular weight is 348 g/mol. The first-order valence-corrected chi connectivity index (χ1v) is 7.60. The van der Waals surface area contributed by atoms with Crippen molar-refractivity contribution in [1.29, 1.82) is 0 Å². The average Bonchev–Trinajstić information content (AvgIpc) is 2.49. The molecule has 1 aromatic carbocycles. The van der Waals surface area contributed by atoms with Crippen molar-refractivity contribution in [2.24, 2.45) is 0 Å². The quantitative estimate of drug-likeness (QED) is 0.899. The van der Waals surface area contributed by atoms with E-state index in [0.717, 1.165) is 16.6 Å². The second kappa shape index (κ2) is 7.22. The summed E-state index contributed by atoms with van der Waals surface area (Å²) in [4.78, 5) is 18.6. The molecule has 0 saturated heterocycles. The van der Waals surface area contributed by atoms with Crippen LogP contribution in [0.1, 0.15) is 22.8 Å². The number of hydrogen-bond donors (Lipinski definition) is 1. The number of carbonyl (C=O) groups is 1. The summed E-state index contributed by atoms with van der Waals surface area (Å²) in [5.41, 5.74) is 1.67. The van der Waals surface area contributed by atoms with Gasteiger partial charge in [0.05, 0.1) is 5.56 Å². The third kappa shape index (κ3) is 4.04. The van der Waals surface area contributed by atoms with Crippen LogP contribution in [0.25, 0.3) is 0 Å². The third-order valence-corrected chi connectivity index (χ3v) is 3.47. The lowest BCUT2D eigenvalue weighted by atomic mass is 10.2. The van der Waals surface area contributed by atoms with Crippen molar-refractivity contribution >= 4 is 27.7 Å². The molecule has 0 radical (unpaired) electrons. The van der Waals surface area contributed by atoms with E-state index in [2.05, 4.69) is 26.2 Å². The Morgan fingerprint density at radius 2 is 2.05 bits per heavy atom. The number of nitrogens with one attached hydrogen (secondary N) is 1. The van der Waals surface area contributed by atoms with E-state index < -0.39 is 0 Å². The van der Waals surface area contributed by atoms with Crippen LogP contribution in [-0.4, -0.2) is 29.4 Å². The lowest BCUT2D eigenvalue weighted by molar-refractivity contribution is 0.0785. The lowest BCUT2D eigenvalue weighted by Crippen LogP contribution is -2.27. The van der Waals surface area contributed by atoms with Crippen LogP contribution in [0.15, 0.2) is 47.1 Å². The molecule has 1 amide bonds. The molecule has 0 fully saturated rings. The summed E-state index contributed by atoms with van der Waals surface area (Å²) >= 11 is 3.37. The number of anilines is 1. The summed E-state index contributed by atoms with van der Waals surface area (Å²) in [6.07, 6.45) is 1.69. The molecule has 1 aromatic heterocycles. The van der Waals surface area contributed by atoms with E-state index >= 15 is 0 Å². The second-order valence-electron chi connectivity index (χ2n) is 4.73. The first-order valence-electron chi connectivity index (χ1n) is 6.80. The lowest BCUT2D eigenvalue weighted by Gasteiger charge is -2.19. The molecule has 0 saturated carbocycles. The fraction of sp³-hybridized carbons (Fsp3) is 0.250. The molecule has 1 N–H and O–H groups in total. The van der Waals surface area contributed by atoms with Gasteiger partial charge in [0.25, 0.3) is 5.91 Å². The van der Waals surface area contributed by atoms with E-state index in [9.17, 15) is 4.79 Å². The minimum atomic E-state index is -0.0522. The van der Waals surface area contributed by atoms with Gasteiger partial charge in [0.15, 0.2) is 0 Å².